The molecule has 0 spiro atoms. The molecule has 0 aliphatic heterocycles. The fraction of sp³-hybridized carbons (Fsp3) is 0.250. The molecule has 0 amide bonds. The molecular weight excluding hydrogens is 268 g/mol. The zero-order chi connectivity index (χ0) is 13.7. The van der Waals surface area contributed by atoms with Crippen LogP contribution in [0.1, 0.15) is 5.56 Å². The number of nitro benzene ring substituents is 1. The molecule has 1 heterocycles. The zero-order valence-corrected chi connectivity index (χ0v) is 10.9. The Bertz CT molecular complexity index is 557. The molecule has 0 radical (unpaired) electrons. The van der Waals surface area contributed by atoms with Gasteiger partial charge in [-0.2, -0.15) is 5.10 Å². The lowest BCUT2D eigenvalue weighted by Crippen LogP contribution is -2.19. The normalized spacial score (nSPS) is 10.6. The molecule has 0 fully saturated rings. The van der Waals surface area contributed by atoms with E-state index in [0.717, 1.165) is 18.7 Å². The van der Waals surface area contributed by atoms with Crippen LogP contribution in [0.25, 0.3) is 0 Å². The quantitative estimate of drug-likeness (QED) is 0.500. The summed E-state index contributed by atoms with van der Waals surface area (Å²) in [7, 11) is 0. The third kappa shape index (κ3) is 3.77. The van der Waals surface area contributed by atoms with Gasteiger partial charge in [-0.3, -0.25) is 14.8 Å². The predicted octanol–water partition coefficient (Wildman–Crippen LogP) is 2.23. The summed E-state index contributed by atoms with van der Waals surface area (Å²) in [4.78, 5) is 10.1. The highest BCUT2D eigenvalue weighted by Gasteiger charge is 2.08. The number of aromatic nitrogens is 2. The summed E-state index contributed by atoms with van der Waals surface area (Å²) < 4.78 is 1.82. The summed E-state index contributed by atoms with van der Waals surface area (Å²) in [6, 6.07) is 6.36. The molecule has 0 saturated carbocycles. The standard InChI is InChI=1S/C12H13ClN4O2/c13-12-8-11(17(18)19)3-2-10(12)9-14-5-7-16-6-1-4-15-16/h1-4,6,8,14H,5,7,9H2. The smallest absolute Gasteiger partial charge is 0.270 e. The Labute approximate surface area is 115 Å². The maximum absolute atomic E-state index is 10.6. The van der Waals surface area contributed by atoms with Gasteiger partial charge >= 0.3 is 0 Å². The topological polar surface area (TPSA) is 73.0 Å². The van der Waals surface area contributed by atoms with Gasteiger partial charge in [0.05, 0.1) is 16.5 Å². The van der Waals surface area contributed by atoms with Gasteiger partial charge in [-0.05, 0) is 17.7 Å². The molecule has 1 N–H and O–H groups in total. The average Bonchev–Trinajstić information content (AvgIpc) is 2.89. The van der Waals surface area contributed by atoms with E-state index in [1.807, 2.05) is 16.9 Å². The van der Waals surface area contributed by atoms with Crippen molar-refractivity contribution in [2.75, 3.05) is 6.54 Å². The Balaban J connectivity index is 1.84. The first-order valence-electron chi connectivity index (χ1n) is 5.78. The van der Waals surface area contributed by atoms with E-state index in [-0.39, 0.29) is 5.69 Å². The molecule has 1 aromatic carbocycles. The molecule has 0 aliphatic carbocycles. The Morgan fingerprint density at radius 2 is 2.32 bits per heavy atom. The fourth-order valence-electron chi connectivity index (χ4n) is 1.64. The summed E-state index contributed by atoms with van der Waals surface area (Å²) >= 11 is 5.99. The van der Waals surface area contributed by atoms with E-state index < -0.39 is 4.92 Å². The van der Waals surface area contributed by atoms with Gasteiger partial charge in [-0.1, -0.05) is 11.6 Å². The van der Waals surface area contributed by atoms with Gasteiger partial charge in [0.1, 0.15) is 0 Å². The second kappa shape index (κ2) is 6.31. The molecule has 0 bridgehead atoms. The number of nitro groups is 1. The Morgan fingerprint density at radius 3 is 2.95 bits per heavy atom. The number of nitrogens with one attached hydrogen (secondary N) is 1. The molecule has 7 heteroatoms. The minimum atomic E-state index is -0.458. The van der Waals surface area contributed by atoms with Crippen molar-refractivity contribution >= 4 is 17.3 Å². The number of hydrogen-bond acceptors (Lipinski definition) is 4. The number of non-ortho nitro benzene ring substituents is 1. The van der Waals surface area contributed by atoms with Crippen LogP contribution in [-0.2, 0) is 13.1 Å². The first-order valence-corrected chi connectivity index (χ1v) is 6.15. The van der Waals surface area contributed by atoms with Gasteiger partial charge in [0.15, 0.2) is 0 Å². The van der Waals surface area contributed by atoms with E-state index in [1.54, 1.807) is 12.3 Å². The Kier molecular flexibility index (Phi) is 4.48. The van der Waals surface area contributed by atoms with Crippen LogP contribution in [0, 0.1) is 10.1 Å². The minimum Gasteiger partial charge on any atom is -0.311 e. The molecule has 1 aromatic heterocycles. The van der Waals surface area contributed by atoms with Crippen LogP contribution in [0.15, 0.2) is 36.7 Å². The Hall–Kier alpha value is -1.92. The summed E-state index contributed by atoms with van der Waals surface area (Å²) in [5.41, 5.74) is 0.845. The maximum Gasteiger partial charge on any atom is 0.270 e. The van der Waals surface area contributed by atoms with Gasteiger partial charge in [-0.25, -0.2) is 0 Å². The largest absolute Gasteiger partial charge is 0.311 e. The summed E-state index contributed by atoms with van der Waals surface area (Å²) in [6.07, 6.45) is 3.62. The average molecular weight is 281 g/mol. The van der Waals surface area contributed by atoms with Crippen molar-refractivity contribution in [1.29, 1.82) is 0 Å². The molecule has 0 unspecified atom stereocenters. The lowest BCUT2D eigenvalue weighted by atomic mass is 10.2. The first-order chi connectivity index (χ1) is 9.16. The predicted molar refractivity (Wildman–Crippen MR) is 72.0 cm³/mol. The van der Waals surface area contributed by atoms with Crippen LogP contribution in [0.4, 0.5) is 5.69 Å². The van der Waals surface area contributed by atoms with Crippen molar-refractivity contribution in [3.8, 4) is 0 Å². The number of nitrogens with zero attached hydrogens (tertiary/aromatic N) is 3. The molecule has 0 saturated heterocycles. The molecule has 6 nitrogen and oxygen atoms in total. The highest BCUT2D eigenvalue weighted by molar-refractivity contribution is 6.31. The van der Waals surface area contributed by atoms with Crippen molar-refractivity contribution in [2.24, 2.45) is 0 Å². The molecule has 2 aromatic rings. The van der Waals surface area contributed by atoms with Gasteiger partial charge < -0.3 is 5.32 Å². The lowest BCUT2D eigenvalue weighted by molar-refractivity contribution is -0.384. The first kappa shape index (κ1) is 13.5. The fourth-order valence-corrected chi connectivity index (χ4v) is 1.88. The minimum absolute atomic E-state index is 0.00490. The van der Waals surface area contributed by atoms with Gasteiger partial charge in [0, 0.05) is 37.6 Å². The third-order valence-electron chi connectivity index (χ3n) is 2.64. The molecule has 0 atom stereocenters. The van der Waals surface area contributed by atoms with E-state index in [4.69, 9.17) is 11.6 Å². The van der Waals surface area contributed by atoms with Gasteiger partial charge in [0.2, 0.25) is 0 Å². The second-order valence-electron chi connectivity index (χ2n) is 3.98. The van der Waals surface area contributed by atoms with Crippen LogP contribution in [0.2, 0.25) is 5.02 Å². The zero-order valence-electron chi connectivity index (χ0n) is 10.1. The molecular formula is C12H13ClN4O2. The highest BCUT2D eigenvalue weighted by atomic mass is 35.5. The van der Waals surface area contributed by atoms with E-state index in [9.17, 15) is 10.1 Å². The van der Waals surface area contributed by atoms with E-state index in [2.05, 4.69) is 10.4 Å². The van der Waals surface area contributed by atoms with Crippen LogP contribution in [0.5, 0.6) is 0 Å². The van der Waals surface area contributed by atoms with Crippen LogP contribution >= 0.6 is 11.6 Å². The molecule has 100 valence electrons. The number of halogens is 1. The van der Waals surface area contributed by atoms with Crippen LogP contribution < -0.4 is 5.32 Å². The SMILES string of the molecule is O=[N+]([O-])c1ccc(CNCCn2cccn2)c(Cl)c1. The van der Waals surface area contributed by atoms with Crippen LogP contribution in [0.3, 0.4) is 0 Å². The van der Waals surface area contributed by atoms with Crippen molar-refractivity contribution in [2.45, 2.75) is 13.1 Å². The van der Waals surface area contributed by atoms with E-state index in [0.29, 0.717) is 11.6 Å². The maximum atomic E-state index is 10.6. The summed E-state index contributed by atoms with van der Waals surface area (Å²) in [6.45, 7) is 2.07. The number of benzene rings is 1. The Morgan fingerprint density at radius 1 is 1.47 bits per heavy atom. The van der Waals surface area contributed by atoms with Gasteiger partial charge in [-0.15, -0.1) is 0 Å². The molecule has 0 aliphatic rings. The van der Waals surface area contributed by atoms with Crippen LogP contribution in [-0.4, -0.2) is 21.2 Å². The van der Waals surface area contributed by atoms with E-state index >= 15 is 0 Å². The van der Waals surface area contributed by atoms with E-state index in [1.165, 1.54) is 12.1 Å². The van der Waals surface area contributed by atoms with Crippen molar-refractivity contribution in [1.82, 2.24) is 15.1 Å². The van der Waals surface area contributed by atoms with Gasteiger partial charge in [0.25, 0.3) is 5.69 Å². The molecule has 19 heavy (non-hydrogen) atoms. The second-order valence-corrected chi connectivity index (χ2v) is 4.39. The monoisotopic (exact) mass is 280 g/mol. The van der Waals surface area contributed by atoms with Crippen molar-refractivity contribution in [3.05, 3.63) is 57.4 Å². The lowest BCUT2D eigenvalue weighted by Gasteiger charge is -2.07. The summed E-state index contributed by atoms with van der Waals surface area (Å²) in [5, 5.41) is 18.3. The summed E-state index contributed by atoms with van der Waals surface area (Å²) in [5.74, 6) is 0. The molecule has 2 rings (SSSR count). The highest BCUT2D eigenvalue weighted by Crippen LogP contribution is 2.22. The van der Waals surface area contributed by atoms with Crippen molar-refractivity contribution < 1.29 is 4.92 Å². The number of hydrogen-bond donors (Lipinski definition) is 1. The third-order valence-corrected chi connectivity index (χ3v) is 2.99. The number of rotatable bonds is 6. The van der Waals surface area contributed by atoms with Crippen molar-refractivity contribution in [3.63, 3.8) is 0 Å².